The predicted molar refractivity (Wildman–Crippen MR) is 127 cm³/mol. The van der Waals surface area contributed by atoms with Gasteiger partial charge in [-0.05, 0) is 56.1 Å². The molecular formula is C24H22F2N6S. The number of hydrogen-bond acceptors (Lipinski definition) is 6. The minimum atomic E-state index is -0.734. The summed E-state index contributed by atoms with van der Waals surface area (Å²) in [7, 11) is 0. The highest BCUT2D eigenvalue weighted by Gasteiger charge is 2.47. The second-order valence-corrected chi connectivity index (χ2v) is 9.13. The maximum absolute atomic E-state index is 14.7. The molecule has 2 aromatic carbocycles. The lowest BCUT2D eigenvalue weighted by Gasteiger charge is -2.36. The van der Waals surface area contributed by atoms with E-state index >= 15 is 0 Å². The van der Waals surface area contributed by atoms with E-state index in [0.29, 0.717) is 36.0 Å². The molecule has 4 aromatic rings. The Bertz CT molecular complexity index is 1340. The SMILES string of the molecule is Cc1cn2ccc(N3N=C(c4cc(F)ccc4F)SC3(CCCN)c3ccccc3)nc2n1. The molecule has 168 valence electrons. The maximum Gasteiger partial charge on any atom is 0.235 e. The van der Waals surface area contributed by atoms with E-state index < -0.39 is 16.5 Å². The highest BCUT2D eigenvalue weighted by molar-refractivity contribution is 8.15. The fraction of sp³-hybridized carbons (Fsp3) is 0.208. The summed E-state index contributed by atoms with van der Waals surface area (Å²) in [6, 6.07) is 15.1. The van der Waals surface area contributed by atoms with Crippen molar-refractivity contribution >= 4 is 28.4 Å². The van der Waals surface area contributed by atoms with Gasteiger partial charge in [-0.25, -0.2) is 18.8 Å². The van der Waals surface area contributed by atoms with Crippen molar-refractivity contribution in [1.29, 1.82) is 0 Å². The van der Waals surface area contributed by atoms with Crippen LogP contribution in [0.15, 0.2) is 72.1 Å². The topological polar surface area (TPSA) is 71.8 Å². The molecule has 0 amide bonds. The number of halogens is 2. The molecule has 1 unspecified atom stereocenters. The van der Waals surface area contributed by atoms with Crippen LogP contribution in [0, 0.1) is 18.6 Å². The van der Waals surface area contributed by atoms with Gasteiger partial charge in [-0.2, -0.15) is 10.1 Å². The molecule has 9 heteroatoms. The lowest BCUT2D eigenvalue weighted by atomic mass is 10.00. The number of nitrogens with two attached hydrogens (primary N) is 1. The molecule has 0 bridgehead atoms. The smallest absolute Gasteiger partial charge is 0.235 e. The summed E-state index contributed by atoms with van der Waals surface area (Å²) < 4.78 is 30.6. The standard InChI is InChI=1S/C24H22F2N6S/c1-16-15-31-13-10-21(29-23(31)28-16)32-24(11-5-12-27,17-6-3-2-4-7-17)33-22(30-32)19-14-18(25)8-9-20(19)26/h2-4,6-10,13-15H,5,11-12,27H2,1H3. The van der Waals surface area contributed by atoms with E-state index in [2.05, 4.69) is 4.98 Å². The van der Waals surface area contributed by atoms with Crippen molar-refractivity contribution in [2.45, 2.75) is 24.6 Å². The zero-order valence-electron chi connectivity index (χ0n) is 17.9. The summed E-state index contributed by atoms with van der Waals surface area (Å²) in [5.41, 5.74) is 7.83. The van der Waals surface area contributed by atoms with Crippen molar-refractivity contribution in [2.75, 3.05) is 11.6 Å². The van der Waals surface area contributed by atoms with Gasteiger partial charge >= 0.3 is 0 Å². The van der Waals surface area contributed by atoms with Gasteiger partial charge in [-0.3, -0.25) is 4.40 Å². The Morgan fingerprint density at radius 1 is 1.06 bits per heavy atom. The molecule has 1 aliphatic rings. The third-order valence-electron chi connectivity index (χ3n) is 5.55. The Morgan fingerprint density at radius 3 is 2.67 bits per heavy atom. The average molecular weight is 465 g/mol. The van der Waals surface area contributed by atoms with E-state index in [1.807, 2.05) is 60.1 Å². The first-order valence-electron chi connectivity index (χ1n) is 10.6. The number of nitrogens with zero attached hydrogens (tertiary/aromatic N) is 5. The molecule has 6 nitrogen and oxygen atoms in total. The number of anilines is 1. The Hall–Kier alpha value is -3.30. The molecule has 2 N–H and O–H groups in total. The number of aromatic nitrogens is 3. The average Bonchev–Trinajstić information content (AvgIpc) is 3.40. The molecule has 3 heterocycles. The number of imidazole rings is 1. The Labute approximate surface area is 194 Å². The first-order valence-corrected chi connectivity index (χ1v) is 11.4. The maximum atomic E-state index is 14.7. The van der Waals surface area contributed by atoms with Crippen molar-refractivity contribution in [3.05, 3.63) is 95.4 Å². The van der Waals surface area contributed by atoms with Crippen molar-refractivity contribution in [1.82, 2.24) is 14.4 Å². The molecule has 1 atom stereocenters. The molecule has 0 fully saturated rings. The molecule has 0 saturated heterocycles. The highest BCUT2D eigenvalue weighted by Crippen LogP contribution is 2.51. The van der Waals surface area contributed by atoms with Crippen LogP contribution in [0.3, 0.4) is 0 Å². The number of aryl methyl sites for hydroxylation is 1. The van der Waals surface area contributed by atoms with Gasteiger partial charge in [0.25, 0.3) is 0 Å². The summed E-state index contributed by atoms with van der Waals surface area (Å²) in [5, 5.41) is 6.97. The molecule has 0 radical (unpaired) electrons. The lowest BCUT2D eigenvalue weighted by molar-refractivity contribution is 0.523. The zero-order chi connectivity index (χ0) is 23.0. The summed E-state index contributed by atoms with van der Waals surface area (Å²) in [6.45, 7) is 2.39. The second kappa shape index (κ2) is 8.57. The van der Waals surface area contributed by atoms with Crippen LogP contribution in [0.4, 0.5) is 14.6 Å². The van der Waals surface area contributed by atoms with Gasteiger partial charge in [-0.15, -0.1) is 0 Å². The lowest BCUT2D eigenvalue weighted by Crippen LogP contribution is -2.38. The molecular weight excluding hydrogens is 442 g/mol. The minimum absolute atomic E-state index is 0.119. The number of hydrogen-bond donors (Lipinski definition) is 1. The molecule has 0 saturated carbocycles. The summed E-state index contributed by atoms with van der Waals surface area (Å²) >= 11 is 1.39. The van der Waals surface area contributed by atoms with Gasteiger partial charge in [-0.1, -0.05) is 42.1 Å². The number of hydrazone groups is 1. The van der Waals surface area contributed by atoms with Gasteiger partial charge in [0.1, 0.15) is 21.5 Å². The number of fused-ring (bicyclic) bond motifs is 1. The minimum Gasteiger partial charge on any atom is -0.330 e. The monoisotopic (exact) mass is 464 g/mol. The Kier molecular flexibility index (Phi) is 5.59. The molecule has 5 rings (SSSR count). The van der Waals surface area contributed by atoms with E-state index in [9.17, 15) is 8.78 Å². The fourth-order valence-electron chi connectivity index (χ4n) is 4.02. The van der Waals surface area contributed by atoms with E-state index in [-0.39, 0.29) is 5.56 Å². The Balaban J connectivity index is 1.71. The predicted octanol–water partition coefficient (Wildman–Crippen LogP) is 4.82. The van der Waals surface area contributed by atoms with Crippen LogP contribution in [0.1, 0.15) is 29.7 Å². The molecule has 2 aromatic heterocycles. The second-order valence-electron chi connectivity index (χ2n) is 7.86. The first kappa shape index (κ1) is 21.5. The third-order valence-corrected chi connectivity index (χ3v) is 7.00. The number of thioether (sulfide) groups is 1. The summed E-state index contributed by atoms with van der Waals surface area (Å²) in [4.78, 5) is 8.47. The molecule has 1 aliphatic heterocycles. The van der Waals surface area contributed by atoms with Gasteiger partial charge in [0.05, 0.1) is 5.69 Å². The highest BCUT2D eigenvalue weighted by atomic mass is 32.2. The molecule has 0 spiro atoms. The van der Waals surface area contributed by atoms with Crippen LogP contribution in [-0.2, 0) is 4.87 Å². The van der Waals surface area contributed by atoms with E-state index in [1.165, 1.54) is 17.8 Å². The fourth-order valence-corrected chi connectivity index (χ4v) is 5.45. The third kappa shape index (κ3) is 3.87. The van der Waals surface area contributed by atoms with E-state index in [0.717, 1.165) is 23.4 Å². The Morgan fingerprint density at radius 2 is 1.88 bits per heavy atom. The van der Waals surface area contributed by atoms with Gasteiger partial charge in [0.2, 0.25) is 5.78 Å². The van der Waals surface area contributed by atoms with Crippen LogP contribution < -0.4 is 10.7 Å². The van der Waals surface area contributed by atoms with Gasteiger partial charge < -0.3 is 5.73 Å². The van der Waals surface area contributed by atoms with Crippen LogP contribution in [0.5, 0.6) is 0 Å². The van der Waals surface area contributed by atoms with Crippen LogP contribution in [0.2, 0.25) is 0 Å². The van der Waals surface area contributed by atoms with Crippen molar-refractivity contribution in [2.24, 2.45) is 10.8 Å². The van der Waals surface area contributed by atoms with E-state index in [1.54, 1.807) is 5.01 Å². The zero-order valence-corrected chi connectivity index (χ0v) is 18.8. The van der Waals surface area contributed by atoms with Crippen LogP contribution >= 0.6 is 11.8 Å². The summed E-state index contributed by atoms with van der Waals surface area (Å²) in [5.74, 6) is 0.0510. The van der Waals surface area contributed by atoms with Crippen LogP contribution in [-0.4, -0.2) is 26.0 Å². The molecule has 0 aliphatic carbocycles. The van der Waals surface area contributed by atoms with E-state index in [4.69, 9.17) is 15.8 Å². The quantitative estimate of drug-likeness (QED) is 0.443. The molecule has 33 heavy (non-hydrogen) atoms. The normalized spacial score (nSPS) is 18.2. The van der Waals surface area contributed by atoms with Gasteiger partial charge in [0.15, 0.2) is 5.82 Å². The number of rotatable bonds is 6. The van der Waals surface area contributed by atoms with Crippen molar-refractivity contribution < 1.29 is 8.78 Å². The first-order chi connectivity index (χ1) is 16.0. The summed E-state index contributed by atoms with van der Waals surface area (Å²) in [6.07, 6.45) is 5.10. The van der Waals surface area contributed by atoms with Gasteiger partial charge in [0, 0.05) is 18.0 Å². The van der Waals surface area contributed by atoms with Crippen LogP contribution in [0.25, 0.3) is 5.78 Å². The van der Waals surface area contributed by atoms with Crippen molar-refractivity contribution in [3.63, 3.8) is 0 Å². The van der Waals surface area contributed by atoms with Crippen molar-refractivity contribution in [3.8, 4) is 0 Å². The number of benzene rings is 2. The largest absolute Gasteiger partial charge is 0.330 e.